The van der Waals surface area contributed by atoms with Crippen LogP contribution in [-0.4, -0.2) is 27.9 Å². The van der Waals surface area contributed by atoms with Crippen LogP contribution in [0.4, 0.5) is 0 Å². The number of hydrogen-bond acceptors (Lipinski definition) is 6. The Labute approximate surface area is 266 Å². The Morgan fingerprint density at radius 3 is 2.39 bits per heavy atom. The topological polar surface area (TPSA) is 98.1 Å². The number of fused-ring (bicyclic) bond motifs is 4. The fourth-order valence-corrected chi connectivity index (χ4v) is 6.74. The van der Waals surface area contributed by atoms with Crippen molar-refractivity contribution >= 4 is 49.3 Å². The minimum absolute atomic E-state index is 0.118. The standard InChI is InChI=1S/C40H26N6/c41-23-28-21-26(17-19-43-28)34-11-5-13-36(45-34)38-31-9-3-4-10-32(31)40(39-30-8-2-1-7-25(30)15-16-33(38)39)37-14-6-12-35(46-37)27-18-20-44-29(22-27)24-42/h1-10,12-17,19,21-22,34H,11,18,20H2. The van der Waals surface area contributed by atoms with Gasteiger partial charge in [-0.2, -0.15) is 10.5 Å². The smallest absolute Gasteiger partial charge is 0.140 e. The van der Waals surface area contributed by atoms with Gasteiger partial charge in [-0.25, -0.2) is 9.97 Å². The first kappa shape index (κ1) is 27.3. The zero-order valence-corrected chi connectivity index (χ0v) is 24.9. The van der Waals surface area contributed by atoms with Crippen LogP contribution in [0.25, 0.3) is 49.1 Å². The molecule has 0 fully saturated rings. The van der Waals surface area contributed by atoms with E-state index in [0.29, 0.717) is 18.0 Å². The van der Waals surface area contributed by atoms with Gasteiger partial charge >= 0.3 is 0 Å². The summed E-state index contributed by atoms with van der Waals surface area (Å²) in [5.41, 5.74) is 7.63. The number of rotatable bonds is 4. The Kier molecular flexibility index (Phi) is 6.74. The van der Waals surface area contributed by atoms with Gasteiger partial charge in [0.15, 0.2) is 0 Å². The lowest BCUT2D eigenvalue weighted by Gasteiger charge is -2.22. The maximum atomic E-state index is 9.49. The first-order chi connectivity index (χ1) is 22.7. The maximum absolute atomic E-state index is 9.49. The van der Waals surface area contributed by atoms with Gasteiger partial charge in [0.25, 0.3) is 0 Å². The van der Waals surface area contributed by atoms with Gasteiger partial charge in [0.05, 0.1) is 23.1 Å². The highest BCUT2D eigenvalue weighted by Gasteiger charge is 2.23. The third-order valence-electron chi connectivity index (χ3n) is 8.81. The number of aliphatic imine (C=N–C) groups is 2. The van der Waals surface area contributed by atoms with E-state index in [4.69, 9.17) is 9.98 Å². The van der Waals surface area contributed by atoms with Crippen LogP contribution in [0.3, 0.4) is 0 Å². The molecule has 0 amide bonds. The highest BCUT2D eigenvalue weighted by Crippen LogP contribution is 2.43. The zero-order valence-electron chi connectivity index (χ0n) is 24.9. The summed E-state index contributed by atoms with van der Waals surface area (Å²) in [6, 6.07) is 35.6. The Balaban J connectivity index is 1.42. The van der Waals surface area contributed by atoms with E-state index in [-0.39, 0.29) is 6.04 Å². The minimum atomic E-state index is -0.118. The summed E-state index contributed by atoms with van der Waals surface area (Å²) in [5, 5.41) is 25.7. The summed E-state index contributed by atoms with van der Waals surface area (Å²) in [5.74, 6) is 0. The van der Waals surface area contributed by atoms with Crippen LogP contribution in [0, 0.1) is 22.7 Å². The van der Waals surface area contributed by atoms with Gasteiger partial charge in [-0.15, -0.1) is 0 Å². The molecule has 2 aliphatic rings. The summed E-state index contributed by atoms with van der Waals surface area (Å²) in [6.45, 7) is 0.583. The van der Waals surface area contributed by atoms with Gasteiger partial charge in [-0.05, 0) is 87.3 Å². The Morgan fingerprint density at radius 2 is 1.54 bits per heavy atom. The molecule has 0 radical (unpaired) electrons. The maximum Gasteiger partial charge on any atom is 0.140 e. The van der Waals surface area contributed by atoms with E-state index in [1.165, 1.54) is 0 Å². The van der Waals surface area contributed by atoms with Crippen molar-refractivity contribution < 1.29 is 0 Å². The third kappa shape index (κ3) is 4.65. The molecule has 2 aliphatic heterocycles. The van der Waals surface area contributed by atoms with Gasteiger partial charge in [0.1, 0.15) is 23.5 Å². The second-order valence-corrected chi connectivity index (χ2v) is 11.5. The molecule has 0 bridgehead atoms. The molecule has 0 saturated heterocycles. The van der Waals surface area contributed by atoms with Crippen molar-refractivity contribution in [1.82, 2.24) is 9.97 Å². The predicted molar refractivity (Wildman–Crippen MR) is 185 cm³/mol. The van der Waals surface area contributed by atoms with E-state index >= 15 is 0 Å². The van der Waals surface area contributed by atoms with Crippen LogP contribution in [0.2, 0.25) is 0 Å². The number of hydrogen-bond donors (Lipinski definition) is 0. The minimum Gasteiger partial charge on any atom is -0.276 e. The van der Waals surface area contributed by atoms with Crippen LogP contribution >= 0.6 is 0 Å². The predicted octanol–water partition coefficient (Wildman–Crippen LogP) is 8.72. The fourth-order valence-electron chi connectivity index (χ4n) is 6.74. The van der Waals surface area contributed by atoms with E-state index in [2.05, 4.69) is 107 Å². The highest BCUT2D eigenvalue weighted by atomic mass is 14.8. The highest BCUT2D eigenvalue weighted by molar-refractivity contribution is 6.32. The summed E-state index contributed by atoms with van der Waals surface area (Å²) in [4.78, 5) is 19.0. The molecule has 216 valence electrons. The van der Waals surface area contributed by atoms with Crippen molar-refractivity contribution in [1.29, 1.82) is 10.5 Å². The molecule has 1 atom stereocenters. The third-order valence-corrected chi connectivity index (χ3v) is 8.81. The van der Waals surface area contributed by atoms with Gasteiger partial charge in [0, 0.05) is 29.3 Å². The van der Waals surface area contributed by atoms with Crippen molar-refractivity contribution in [2.45, 2.75) is 18.9 Å². The molecule has 4 heterocycles. The molecular formula is C40H26N6. The first-order valence-corrected chi connectivity index (χ1v) is 15.3. The summed E-state index contributed by atoms with van der Waals surface area (Å²) in [6.07, 6.45) is 9.34. The van der Waals surface area contributed by atoms with Crippen LogP contribution < -0.4 is 0 Å². The number of aromatic nitrogens is 2. The first-order valence-electron chi connectivity index (χ1n) is 15.3. The molecule has 0 N–H and O–H groups in total. The molecule has 6 aromatic rings. The van der Waals surface area contributed by atoms with E-state index < -0.39 is 0 Å². The Bertz CT molecular complexity index is 2430. The SMILES string of the molecule is N#CC1=NCCC(c2cccc(-c3c4ccccc4c(C4=NC(c5ccnc(C#N)c5)CC=C4)c4ccc5ccccc5c34)n2)=C1. The van der Waals surface area contributed by atoms with Gasteiger partial charge in [0.2, 0.25) is 0 Å². The van der Waals surface area contributed by atoms with Crippen molar-refractivity contribution in [2.75, 3.05) is 6.54 Å². The molecule has 0 saturated carbocycles. The van der Waals surface area contributed by atoms with Gasteiger partial charge < -0.3 is 0 Å². The summed E-state index contributed by atoms with van der Waals surface area (Å²) >= 11 is 0. The number of dihydropyridines is 2. The van der Waals surface area contributed by atoms with Crippen molar-refractivity contribution in [3.8, 4) is 23.4 Å². The molecule has 1 unspecified atom stereocenters. The number of allylic oxidation sites excluding steroid dienone is 2. The van der Waals surface area contributed by atoms with Crippen molar-refractivity contribution in [2.24, 2.45) is 9.98 Å². The number of nitrogens with zero attached hydrogens (tertiary/aromatic N) is 6. The molecule has 46 heavy (non-hydrogen) atoms. The lowest BCUT2D eigenvalue weighted by Crippen LogP contribution is -2.09. The van der Waals surface area contributed by atoms with Crippen LogP contribution in [0.5, 0.6) is 0 Å². The second-order valence-electron chi connectivity index (χ2n) is 11.5. The Hall–Kier alpha value is -6.24. The molecule has 4 aromatic carbocycles. The number of benzene rings is 4. The van der Waals surface area contributed by atoms with Crippen molar-refractivity contribution in [3.63, 3.8) is 0 Å². The average molecular weight is 591 g/mol. The average Bonchev–Trinajstić information content (AvgIpc) is 3.13. The lowest BCUT2D eigenvalue weighted by atomic mass is 9.85. The molecule has 0 spiro atoms. The van der Waals surface area contributed by atoms with Gasteiger partial charge in [-0.3, -0.25) is 9.98 Å². The summed E-state index contributed by atoms with van der Waals surface area (Å²) < 4.78 is 0. The fraction of sp³-hybridized carbons (Fsp3) is 0.100. The van der Waals surface area contributed by atoms with Crippen LogP contribution in [0.1, 0.15) is 41.4 Å². The molecule has 8 rings (SSSR count). The van der Waals surface area contributed by atoms with E-state index in [1.807, 2.05) is 24.3 Å². The van der Waals surface area contributed by atoms with E-state index in [9.17, 15) is 10.5 Å². The molecule has 0 aliphatic carbocycles. The molecule has 6 nitrogen and oxygen atoms in total. The zero-order chi connectivity index (χ0) is 31.0. The van der Waals surface area contributed by atoms with Gasteiger partial charge in [-0.1, -0.05) is 72.8 Å². The quantitative estimate of drug-likeness (QED) is 0.151. The monoisotopic (exact) mass is 590 g/mol. The van der Waals surface area contributed by atoms with E-state index in [0.717, 1.165) is 84.5 Å². The van der Waals surface area contributed by atoms with E-state index in [1.54, 1.807) is 6.20 Å². The second kappa shape index (κ2) is 11.4. The lowest BCUT2D eigenvalue weighted by molar-refractivity contribution is 0.735. The van der Waals surface area contributed by atoms with Crippen LogP contribution in [-0.2, 0) is 0 Å². The normalized spacial score (nSPS) is 16.0. The van der Waals surface area contributed by atoms with Crippen molar-refractivity contribution in [3.05, 3.63) is 138 Å². The molecular weight excluding hydrogens is 564 g/mol. The Morgan fingerprint density at radius 1 is 0.739 bits per heavy atom. The number of nitriles is 2. The molecule has 2 aromatic heterocycles. The largest absolute Gasteiger partial charge is 0.276 e. The summed E-state index contributed by atoms with van der Waals surface area (Å²) in [7, 11) is 0. The van der Waals surface area contributed by atoms with Crippen LogP contribution in [0.15, 0.2) is 125 Å². The molecule has 6 heteroatoms. The number of pyridine rings is 2.